The van der Waals surface area contributed by atoms with E-state index in [1.165, 1.54) is 25.1 Å². The van der Waals surface area contributed by atoms with Gasteiger partial charge in [0.2, 0.25) is 0 Å². The lowest BCUT2D eigenvalue weighted by Crippen LogP contribution is -2.43. The van der Waals surface area contributed by atoms with Crippen molar-refractivity contribution in [3.05, 3.63) is 23.8 Å². The van der Waals surface area contributed by atoms with E-state index in [1.807, 2.05) is 6.20 Å². The largest absolute Gasteiger partial charge is 0.329 e. The summed E-state index contributed by atoms with van der Waals surface area (Å²) >= 11 is 0. The molecule has 98 valence electrons. The Bertz CT molecular complexity index is 422. The summed E-state index contributed by atoms with van der Waals surface area (Å²) < 4.78 is 0. The number of likely N-dealkylation sites (tertiary alicyclic amines) is 1. The molecule has 2 N–H and O–H groups in total. The van der Waals surface area contributed by atoms with Crippen LogP contribution in [0.4, 0.5) is 0 Å². The fourth-order valence-electron chi connectivity index (χ4n) is 3.15. The predicted octanol–water partition coefficient (Wildman–Crippen LogP) is 1.28. The van der Waals surface area contributed by atoms with Gasteiger partial charge in [0.1, 0.15) is 5.82 Å². The summed E-state index contributed by atoms with van der Waals surface area (Å²) in [6.45, 7) is 2.97. The van der Waals surface area contributed by atoms with Crippen molar-refractivity contribution >= 4 is 0 Å². The first-order chi connectivity index (χ1) is 8.73. The molecule has 0 radical (unpaired) electrons. The van der Waals surface area contributed by atoms with Gasteiger partial charge in [-0.1, -0.05) is 6.42 Å². The smallest absolute Gasteiger partial charge is 0.135 e. The highest BCUT2D eigenvalue weighted by Gasteiger charge is 2.40. The topological polar surface area (TPSA) is 55.0 Å². The molecule has 18 heavy (non-hydrogen) atoms. The monoisotopic (exact) mass is 246 g/mol. The molecule has 0 aromatic carbocycles. The minimum Gasteiger partial charge on any atom is -0.329 e. The molecule has 0 spiro atoms. The van der Waals surface area contributed by atoms with Gasteiger partial charge in [-0.25, -0.2) is 9.97 Å². The van der Waals surface area contributed by atoms with Crippen LogP contribution in [0.5, 0.6) is 0 Å². The lowest BCUT2D eigenvalue weighted by molar-refractivity contribution is 0.237. The molecule has 2 fully saturated rings. The van der Waals surface area contributed by atoms with Crippen molar-refractivity contribution in [2.45, 2.75) is 37.0 Å². The fourth-order valence-corrected chi connectivity index (χ4v) is 3.15. The van der Waals surface area contributed by atoms with Crippen LogP contribution in [0.15, 0.2) is 12.3 Å². The van der Waals surface area contributed by atoms with Crippen LogP contribution in [-0.2, 0) is 5.41 Å². The van der Waals surface area contributed by atoms with E-state index in [0.717, 1.165) is 25.2 Å². The normalized spacial score (nSPS) is 27.1. The van der Waals surface area contributed by atoms with E-state index in [-0.39, 0.29) is 5.41 Å². The Labute approximate surface area is 109 Å². The first kappa shape index (κ1) is 12.1. The Balaban J connectivity index is 1.85. The zero-order valence-corrected chi connectivity index (χ0v) is 11.1. The molecule has 4 nitrogen and oxygen atoms in total. The second kappa shape index (κ2) is 4.59. The zero-order valence-electron chi connectivity index (χ0n) is 11.1. The Kier molecular flexibility index (Phi) is 3.08. The molecule has 2 aliphatic rings. The Morgan fingerprint density at radius 3 is 2.89 bits per heavy atom. The third-order valence-electron chi connectivity index (χ3n) is 4.66. The van der Waals surface area contributed by atoms with Crippen LogP contribution in [0.1, 0.15) is 43.1 Å². The first-order valence-corrected chi connectivity index (χ1v) is 6.95. The average Bonchev–Trinajstić information content (AvgIpc) is 2.76. The molecule has 1 aromatic rings. The molecule has 1 aliphatic carbocycles. The van der Waals surface area contributed by atoms with Gasteiger partial charge in [-0.3, -0.25) is 0 Å². The van der Waals surface area contributed by atoms with Gasteiger partial charge < -0.3 is 10.6 Å². The summed E-state index contributed by atoms with van der Waals surface area (Å²) in [7, 11) is 2.18. The van der Waals surface area contributed by atoms with Crippen molar-refractivity contribution in [2.75, 3.05) is 26.7 Å². The molecule has 1 unspecified atom stereocenters. The number of rotatable bonds is 3. The van der Waals surface area contributed by atoms with E-state index in [2.05, 4.69) is 23.0 Å². The van der Waals surface area contributed by atoms with Crippen molar-refractivity contribution in [1.82, 2.24) is 14.9 Å². The average molecular weight is 246 g/mol. The maximum atomic E-state index is 5.94. The van der Waals surface area contributed by atoms with Gasteiger partial charge in [0, 0.05) is 36.3 Å². The summed E-state index contributed by atoms with van der Waals surface area (Å²) in [6.07, 6.45) is 6.69. The number of nitrogens with two attached hydrogens (primary N) is 1. The molecule has 0 bridgehead atoms. The van der Waals surface area contributed by atoms with Crippen molar-refractivity contribution < 1.29 is 0 Å². The van der Waals surface area contributed by atoms with Crippen LogP contribution >= 0.6 is 0 Å². The highest BCUT2D eigenvalue weighted by atomic mass is 15.1. The first-order valence-electron chi connectivity index (χ1n) is 6.95. The zero-order chi connectivity index (χ0) is 12.6. The molecule has 2 heterocycles. The lowest BCUT2D eigenvalue weighted by Gasteiger charge is -2.39. The Morgan fingerprint density at radius 1 is 1.50 bits per heavy atom. The predicted molar refractivity (Wildman–Crippen MR) is 71.5 cm³/mol. The summed E-state index contributed by atoms with van der Waals surface area (Å²) in [5.74, 6) is 1.56. The summed E-state index contributed by atoms with van der Waals surface area (Å²) in [5.41, 5.74) is 7.23. The van der Waals surface area contributed by atoms with Gasteiger partial charge in [-0.15, -0.1) is 0 Å². The second-order valence-corrected chi connectivity index (χ2v) is 5.89. The van der Waals surface area contributed by atoms with Gasteiger partial charge in [-0.2, -0.15) is 0 Å². The molecular weight excluding hydrogens is 224 g/mol. The third-order valence-corrected chi connectivity index (χ3v) is 4.66. The Morgan fingerprint density at radius 2 is 2.33 bits per heavy atom. The molecule has 0 amide bonds. The summed E-state index contributed by atoms with van der Waals surface area (Å²) in [6, 6.07) is 2.08. The molecular formula is C14H22N4. The van der Waals surface area contributed by atoms with Crippen molar-refractivity contribution in [3.8, 4) is 0 Å². The standard InChI is InChI=1S/C14H22N4/c1-18-8-4-11(9-18)12-3-7-16-13(17-12)14(10-15)5-2-6-14/h3,7,11H,2,4-6,8-10,15H2,1H3. The van der Waals surface area contributed by atoms with Crippen LogP contribution < -0.4 is 5.73 Å². The number of nitrogens with zero attached hydrogens (tertiary/aromatic N) is 3. The van der Waals surface area contributed by atoms with Crippen LogP contribution in [0.3, 0.4) is 0 Å². The number of likely N-dealkylation sites (N-methyl/N-ethyl adjacent to an activating group) is 1. The lowest BCUT2D eigenvalue weighted by atomic mass is 9.68. The second-order valence-electron chi connectivity index (χ2n) is 5.89. The number of aromatic nitrogens is 2. The van der Waals surface area contributed by atoms with Crippen molar-refractivity contribution in [2.24, 2.45) is 5.73 Å². The quantitative estimate of drug-likeness (QED) is 0.873. The van der Waals surface area contributed by atoms with Gasteiger partial charge in [0.05, 0.1) is 0 Å². The maximum Gasteiger partial charge on any atom is 0.135 e. The van der Waals surface area contributed by atoms with E-state index in [9.17, 15) is 0 Å². The fraction of sp³-hybridized carbons (Fsp3) is 0.714. The van der Waals surface area contributed by atoms with Crippen LogP contribution in [0.2, 0.25) is 0 Å². The highest BCUT2D eigenvalue weighted by Crippen LogP contribution is 2.41. The van der Waals surface area contributed by atoms with Gasteiger partial charge in [0.25, 0.3) is 0 Å². The van der Waals surface area contributed by atoms with E-state index in [4.69, 9.17) is 10.7 Å². The number of hydrogen-bond donors (Lipinski definition) is 1. The third kappa shape index (κ3) is 1.93. The molecule has 1 saturated carbocycles. The number of hydrogen-bond acceptors (Lipinski definition) is 4. The van der Waals surface area contributed by atoms with E-state index < -0.39 is 0 Å². The summed E-state index contributed by atoms with van der Waals surface area (Å²) in [4.78, 5) is 11.7. The molecule has 3 rings (SSSR count). The van der Waals surface area contributed by atoms with Gasteiger partial charge >= 0.3 is 0 Å². The molecule has 1 atom stereocenters. The van der Waals surface area contributed by atoms with Gasteiger partial charge in [-0.05, 0) is 38.9 Å². The van der Waals surface area contributed by atoms with Crippen LogP contribution in [-0.4, -0.2) is 41.5 Å². The van der Waals surface area contributed by atoms with Crippen molar-refractivity contribution in [1.29, 1.82) is 0 Å². The molecule has 1 aromatic heterocycles. The minimum absolute atomic E-state index is 0.0838. The van der Waals surface area contributed by atoms with Crippen molar-refractivity contribution in [3.63, 3.8) is 0 Å². The maximum absolute atomic E-state index is 5.94. The SMILES string of the molecule is CN1CCC(c2ccnc(C3(CN)CCC3)n2)C1. The molecule has 4 heteroatoms. The highest BCUT2D eigenvalue weighted by molar-refractivity contribution is 5.19. The molecule has 1 aliphatic heterocycles. The van der Waals surface area contributed by atoms with E-state index in [0.29, 0.717) is 12.5 Å². The minimum atomic E-state index is 0.0838. The van der Waals surface area contributed by atoms with Gasteiger partial charge in [0.15, 0.2) is 0 Å². The molecule has 1 saturated heterocycles. The summed E-state index contributed by atoms with van der Waals surface area (Å²) in [5, 5.41) is 0. The Hall–Kier alpha value is -1.00. The van der Waals surface area contributed by atoms with E-state index in [1.54, 1.807) is 0 Å². The van der Waals surface area contributed by atoms with Crippen LogP contribution in [0, 0.1) is 0 Å². The van der Waals surface area contributed by atoms with E-state index >= 15 is 0 Å². The van der Waals surface area contributed by atoms with Crippen LogP contribution in [0.25, 0.3) is 0 Å².